The summed E-state index contributed by atoms with van der Waals surface area (Å²) in [6.45, 7) is 0.601. The van der Waals surface area contributed by atoms with Gasteiger partial charge in [-0.25, -0.2) is 13.2 Å². The Balaban J connectivity index is 1.71. The molecule has 0 spiro atoms. The van der Waals surface area contributed by atoms with Crippen LogP contribution in [-0.2, 0) is 4.79 Å². The molecule has 32 heavy (non-hydrogen) atoms. The molecular weight excluding hydrogens is 427 g/mol. The molecular formula is C22H20F3N3O4. The fourth-order valence-corrected chi connectivity index (χ4v) is 4.96. The molecule has 2 fully saturated rings. The molecule has 0 radical (unpaired) electrons. The Morgan fingerprint density at radius 2 is 1.78 bits per heavy atom. The first kappa shape index (κ1) is 20.6. The second-order valence-electron chi connectivity index (χ2n) is 8.41. The number of hydrogen-bond donors (Lipinski definition) is 2. The lowest BCUT2D eigenvalue weighted by molar-refractivity contribution is -0.139. The molecule has 1 saturated carbocycles. The lowest BCUT2D eigenvalue weighted by Crippen LogP contribution is -2.41. The Labute approximate surface area is 181 Å². The fourth-order valence-electron chi connectivity index (χ4n) is 4.96. The average Bonchev–Trinajstić information content (AvgIpc) is 3.13. The second kappa shape index (κ2) is 7.13. The zero-order valence-corrected chi connectivity index (χ0v) is 17.0. The van der Waals surface area contributed by atoms with Crippen LogP contribution in [0.1, 0.15) is 10.4 Å². The number of carboxylic acid groups (broad SMARTS) is 1. The number of carbonyl (C=O) groups excluding carboxylic acids is 1. The number of nitrogens with zero attached hydrogens (tertiary/aromatic N) is 2. The predicted octanol–water partition coefficient (Wildman–Crippen LogP) is 2.54. The minimum Gasteiger partial charge on any atom is -0.492 e. The van der Waals surface area contributed by atoms with Crippen LogP contribution >= 0.6 is 0 Å². The molecule has 5 rings (SSSR count). The zero-order valence-electron chi connectivity index (χ0n) is 17.0. The summed E-state index contributed by atoms with van der Waals surface area (Å²) >= 11 is 0. The van der Waals surface area contributed by atoms with Gasteiger partial charge in [-0.2, -0.15) is 0 Å². The predicted molar refractivity (Wildman–Crippen MR) is 109 cm³/mol. The van der Waals surface area contributed by atoms with Crippen molar-refractivity contribution < 1.29 is 32.6 Å². The number of fused-ring (bicyclic) bond motifs is 2. The van der Waals surface area contributed by atoms with Gasteiger partial charge in [0.15, 0.2) is 17.3 Å². The molecule has 2 aliphatic heterocycles. The Morgan fingerprint density at radius 3 is 2.38 bits per heavy atom. The number of rotatable bonds is 4. The van der Waals surface area contributed by atoms with Crippen molar-refractivity contribution in [3.63, 3.8) is 0 Å². The number of methoxy groups -OCH3 is 1. The maximum Gasteiger partial charge on any atom is 0.316 e. The van der Waals surface area contributed by atoms with E-state index in [0.717, 1.165) is 18.2 Å². The normalized spacial score (nSPS) is 26.1. The molecule has 1 saturated heterocycles. The van der Waals surface area contributed by atoms with Crippen LogP contribution in [0.4, 0.5) is 30.2 Å². The van der Waals surface area contributed by atoms with Crippen LogP contribution in [0.15, 0.2) is 24.3 Å². The largest absolute Gasteiger partial charge is 0.492 e. The maximum absolute atomic E-state index is 15.3. The van der Waals surface area contributed by atoms with Crippen LogP contribution in [0.5, 0.6) is 5.75 Å². The molecule has 3 aliphatic rings. The number of benzene rings is 2. The third kappa shape index (κ3) is 2.93. The highest BCUT2D eigenvalue weighted by atomic mass is 19.1. The van der Waals surface area contributed by atoms with Crippen LogP contribution in [0.25, 0.3) is 0 Å². The molecule has 2 heterocycles. The number of halogens is 3. The molecule has 168 valence electrons. The number of ketones is 1. The third-order valence-corrected chi connectivity index (χ3v) is 6.68. The smallest absolute Gasteiger partial charge is 0.316 e. The SMILES string of the molecule is COc1c(N2C[C@@H]3C(N)[C@@H]3C2)c(F)cc2c1N(c1ccc(F)cc1F)CC(C(=O)O)C2=O. The number of carboxylic acids is 1. The summed E-state index contributed by atoms with van der Waals surface area (Å²) in [5, 5.41) is 9.55. The van der Waals surface area contributed by atoms with Gasteiger partial charge in [0, 0.05) is 37.3 Å². The molecule has 0 aromatic heterocycles. The Bertz CT molecular complexity index is 1150. The van der Waals surface area contributed by atoms with Crippen LogP contribution in [0.2, 0.25) is 0 Å². The van der Waals surface area contributed by atoms with E-state index in [1.807, 2.05) is 0 Å². The summed E-state index contributed by atoms with van der Waals surface area (Å²) in [5.74, 6) is -5.82. The Kier molecular flexibility index (Phi) is 4.59. The molecule has 3 N–H and O–H groups in total. The Morgan fingerprint density at radius 1 is 1.09 bits per heavy atom. The van der Waals surface area contributed by atoms with Gasteiger partial charge in [-0.15, -0.1) is 0 Å². The van der Waals surface area contributed by atoms with Gasteiger partial charge in [0.25, 0.3) is 0 Å². The van der Waals surface area contributed by atoms with E-state index in [0.29, 0.717) is 19.2 Å². The van der Waals surface area contributed by atoms with E-state index in [1.165, 1.54) is 12.0 Å². The summed E-state index contributed by atoms with van der Waals surface area (Å²) in [4.78, 5) is 27.7. The molecule has 10 heteroatoms. The molecule has 1 aliphatic carbocycles. The minimum atomic E-state index is -1.56. The number of piperidine rings is 1. The van der Waals surface area contributed by atoms with Gasteiger partial charge >= 0.3 is 5.97 Å². The fraction of sp³-hybridized carbons (Fsp3) is 0.364. The van der Waals surface area contributed by atoms with Crippen LogP contribution < -0.4 is 20.3 Å². The minimum absolute atomic E-state index is 0.00390. The zero-order chi connectivity index (χ0) is 22.9. The highest BCUT2D eigenvalue weighted by molar-refractivity contribution is 6.15. The molecule has 0 bridgehead atoms. The third-order valence-electron chi connectivity index (χ3n) is 6.68. The number of hydrogen-bond acceptors (Lipinski definition) is 6. The number of ether oxygens (including phenoxy) is 1. The first-order chi connectivity index (χ1) is 15.2. The van der Waals surface area contributed by atoms with Crippen molar-refractivity contribution in [3.05, 3.63) is 47.3 Å². The van der Waals surface area contributed by atoms with E-state index in [9.17, 15) is 23.5 Å². The number of Topliss-reactive ketones (excluding diaryl/α,β-unsaturated/α-hetero) is 1. The van der Waals surface area contributed by atoms with E-state index in [-0.39, 0.29) is 46.3 Å². The highest BCUT2D eigenvalue weighted by Crippen LogP contribution is 2.52. The van der Waals surface area contributed by atoms with Crippen LogP contribution in [0, 0.1) is 35.2 Å². The van der Waals surface area contributed by atoms with Crippen molar-refractivity contribution in [1.29, 1.82) is 0 Å². The Hall–Kier alpha value is -3.27. The monoisotopic (exact) mass is 447 g/mol. The van der Waals surface area contributed by atoms with Gasteiger partial charge < -0.3 is 25.4 Å². The van der Waals surface area contributed by atoms with Crippen molar-refractivity contribution in [2.24, 2.45) is 23.5 Å². The van der Waals surface area contributed by atoms with Gasteiger partial charge in [0.1, 0.15) is 23.2 Å². The molecule has 7 nitrogen and oxygen atoms in total. The van der Waals surface area contributed by atoms with Gasteiger partial charge in [0.2, 0.25) is 0 Å². The first-order valence-electron chi connectivity index (χ1n) is 10.1. The molecule has 2 aromatic carbocycles. The molecule has 2 unspecified atom stereocenters. The van der Waals surface area contributed by atoms with E-state index < -0.39 is 41.7 Å². The summed E-state index contributed by atoms with van der Waals surface area (Å²) in [5.41, 5.74) is 5.78. The number of nitrogens with two attached hydrogens (primary N) is 1. The number of carbonyl (C=O) groups is 2. The van der Waals surface area contributed by atoms with Crippen molar-refractivity contribution in [3.8, 4) is 5.75 Å². The summed E-state index contributed by atoms with van der Waals surface area (Å²) in [6.07, 6.45) is 0. The van der Waals surface area contributed by atoms with E-state index >= 15 is 4.39 Å². The van der Waals surface area contributed by atoms with Crippen molar-refractivity contribution in [2.45, 2.75) is 6.04 Å². The molecule has 0 amide bonds. The van der Waals surface area contributed by atoms with Crippen molar-refractivity contribution in [1.82, 2.24) is 0 Å². The van der Waals surface area contributed by atoms with Crippen LogP contribution in [-0.4, -0.2) is 49.6 Å². The standard InChI is InChI=1S/C22H20F3N3O4/c1-32-21-18-10(5-15(25)19(21)27-6-11-12(7-27)17(11)26)20(29)13(22(30)31)8-28(18)16-3-2-9(23)4-14(16)24/h2-5,11-13,17H,6-8,26H2,1H3,(H,30,31)/t11-,12+,13?,17?. The maximum atomic E-state index is 15.3. The van der Waals surface area contributed by atoms with Gasteiger partial charge in [0.05, 0.1) is 18.5 Å². The summed E-state index contributed by atoms with van der Waals surface area (Å²) in [7, 11) is 1.30. The highest BCUT2D eigenvalue weighted by Gasteiger charge is 2.54. The van der Waals surface area contributed by atoms with Gasteiger partial charge in [-0.05, 0) is 30.0 Å². The van der Waals surface area contributed by atoms with Gasteiger partial charge in [-0.1, -0.05) is 0 Å². The second-order valence-corrected chi connectivity index (χ2v) is 8.41. The quantitative estimate of drug-likeness (QED) is 0.696. The van der Waals surface area contributed by atoms with Crippen LogP contribution in [0.3, 0.4) is 0 Å². The number of anilines is 3. The van der Waals surface area contributed by atoms with E-state index in [4.69, 9.17) is 10.5 Å². The molecule has 2 aromatic rings. The van der Waals surface area contributed by atoms with Crippen molar-refractivity contribution >= 4 is 28.8 Å². The molecule has 4 atom stereocenters. The first-order valence-corrected chi connectivity index (χ1v) is 10.1. The summed E-state index contributed by atoms with van der Waals surface area (Å²) in [6, 6.07) is 3.88. The average molecular weight is 447 g/mol. The summed E-state index contributed by atoms with van der Waals surface area (Å²) < 4.78 is 49.0. The van der Waals surface area contributed by atoms with Crippen molar-refractivity contribution in [2.75, 3.05) is 36.5 Å². The van der Waals surface area contributed by atoms with Gasteiger partial charge in [-0.3, -0.25) is 9.59 Å². The lowest BCUT2D eigenvalue weighted by atomic mass is 9.89. The van der Waals surface area contributed by atoms with E-state index in [2.05, 4.69) is 0 Å². The number of aliphatic carboxylic acids is 1. The van der Waals surface area contributed by atoms with E-state index in [1.54, 1.807) is 4.90 Å². The lowest BCUT2D eigenvalue weighted by Gasteiger charge is -2.36. The topological polar surface area (TPSA) is 96.1 Å².